The van der Waals surface area contributed by atoms with E-state index in [-0.39, 0.29) is 16.7 Å². The van der Waals surface area contributed by atoms with E-state index in [1.807, 2.05) is 24.3 Å². The Labute approximate surface area is 205 Å². The van der Waals surface area contributed by atoms with Gasteiger partial charge in [-0.1, -0.05) is 0 Å². The number of fused-ring (bicyclic) bond motifs is 1. The zero-order valence-electron chi connectivity index (χ0n) is 19.8. The molecule has 186 valence electrons. The molecule has 10 heteroatoms. The Kier molecular flexibility index (Phi) is 6.41. The van der Waals surface area contributed by atoms with Crippen molar-refractivity contribution in [3.8, 4) is 5.75 Å². The normalized spacial score (nSPS) is 20.9. The highest BCUT2D eigenvalue weighted by molar-refractivity contribution is 7.89. The Morgan fingerprint density at radius 2 is 1.74 bits per heavy atom. The van der Waals surface area contributed by atoms with Crippen LogP contribution in [0.5, 0.6) is 5.75 Å². The van der Waals surface area contributed by atoms with Gasteiger partial charge in [0.25, 0.3) is 0 Å². The predicted molar refractivity (Wildman–Crippen MR) is 132 cm³/mol. The highest BCUT2D eigenvalue weighted by Crippen LogP contribution is 2.31. The average Bonchev–Trinajstić information content (AvgIpc) is 3.39. The summed E-state index contributed by atoms with van der Waals surface area (Å²) in [6.07, 6.45) is 2.02. The maximum Gasteiger partial charge on any atom is 0.243 e. The fourth-order valence-electron chi connectivity index (χ4n) is 5.12. The molecule has 3 aliphatic rings. The van der Waals surface area contributed by atoms with Crippen LogP contribution in [0.1, 0.15) is 24.8 Å². The van der Waals surface area contributed by atoms with Crippen molar-refractivity contribution in [2.24, 2.45) is 0 Å². The lowest BCUT2D eigenvalue weighted by Crippen LogP contribution is -2.54. The summed E-state index contributed by atoms with van der Waals surface area (Å²) in [4.78, 5) is 29.2. The number of hydrogen-bond acceptors (Lipinski definition) is 6. The average molecular weight is 499 g/mol. The fourth-order valence-corrected chi connectivity index (χ4v) is 6.82. The molecule has 0 aromatic heterocycles. The summed E-state index contributed by atoms with van der Waals surface area (Å²) >= 11 is 0. The molecule has 1 atom stereocenters. The Morgan fingerprint density at radius 3 is 2.46 bits per heavy atom. The summed E-state index contributed by atoms with van der Waals surface area (Å²) in [7, 11) is -2.19. The summed E-state index contributed by atoms with van der Waals surface area (Å²) in [5.74, 6) is 0.616. The number of ether oxygens (including phenoxy) is 1. The molecule has 9 nitrogen and oxygen atoms in total. The molecule has 0 spiro atoms. The number of carbonyl (C=O) groups is 2. The van der Waals surface area contributed by atoms with E-state index in [1.54, 1.807) is 24.1 Å². The van der Waals surface area contributed by atoms with Crippen LogP contribution in [0.2, 0.25) is 0 Å². The zero-order chi connectivity index (χ0) is 24.6. The Hall–Kier alpha value is -3.11. The van der Waals surface area contributed by atoms with E-state index in [0.29, 0.717) is 64.1 Å². The molecule has 5 rings (SSSR count). The third kappa shape index (κ3) is 4.60. The largest absolute Gasteiger partial charge is 0.497 e. The first kappa shape index (κ1) is 23.6. The molecular formula is C25H30N4O5S. The molecule has 1 N–H and O–H groups in total. The highest BCUT2D eigenvalue weighted by atomic mass is 32.2. The second-order valence-electron chi connectivity index (χ2n) is 9.15. The van der Waals surface area contributed by atoms with Crippen LogP contribution in [0.25, 0.3) is 0 Å². The van der Waals surface area contributed by atoms with Gasteiger partial charge >= 0.3 is 0 Å². The number of piperazine rings is 1. The van der Waals surface area contributed by atoms with Gasteiger partial charge < -0.3 is 19.9 Å². The van der Waals surface area contributed by atoms with Gasteiger partial charge in [-0.3, -0.25) is 9.59 Å². The summed E-state index contributed by atoms with van der Waals surface area (Å²) < 4.78 is 33.6. The Morgan fingerprint density at radius 1 is 1.00 bits per heavy atom. The monoisotopic (exact) mass is 498 g/mol. The van der Waals surface area contributed by atoms with Gasteiger partial charge in [0.1, 0.15) is 11.8 Å². The molecule has 0 aliphatic carbocycles. The maximum absolute atomic E-state index is 13.5. The van der Waals surface area contributed by atoms with Crippen molar-refractivity contribution in [3.63, 3.8) is 0 Å². The summed E-state index contributed by atoms with van der Waals surface area (Å²) in [5, 5.41) is 2.78. The summed E-state index contributed by atoms with van der Waals surface area (Å²) in [6.45, 7) is 2.81. The molecule has 0 saturated carbocycles. The van der Waals surface area contributed by atoms with Crippen LogP contribution in [0.4, 0.5) is 11.4 Å². The smallest absolute Gasteiger partial charge is 0.243 e. The van der Waals surface area contributed by atoms with Gasteiger partial charge in [-0.25, -0.2) is 8.42 Å². The van der Waals surface area contributed by atoms with Gasteiger partial charge in [0.2, 0.25) is 21.8 Å². The number of carbonyl (C=O) groups excluding carboxylic acids is 2. The minimum atomic E-state index is -3.83. The quantitative estimate of drug-likeness (QED) is 0.678. The lowest BCUT2D eigenvalue weighted by molar-refractivity contribution is -0.134. The third-order valence-electron chi connectivity index (χ3n) is 7.10. The standard InChI is InChI=1S/C25H30N4O5S/c1-34-20-7-5-19(6-8-20)27-13-15-28(16-14-27)25(31)23-3-2-12-29(23)35(32,33)21-9-10-22-18(17-21)4-11-24(30)26-22/h5-10,17,23H,2-4,11-16H2,1H3,(H,26,30). The van der Waals surface area contributed by atoms with Crippen molar-refractivity contribution < 1.29 is 22.7 Å². The molecule has 2 fully saturated rings. The predicted octanol–water partition coefficient (Wildman–Crippen LogP) is 2.08. The van der Waals surface area contributed by atoms with Gasteiger partial charge in [0.05, 0.1) is 12.0 Å². The topological polar surface area (TPSA) is 99.3 Å². The first-order valence-corrected chi connectivity index (χ1v) is 13.4. The Balaban J connectivity index is 1.27. The van der Waals surface area contributed by atoms with Crippen molar-refractivity contribution in [1.29, 1.82) is 0 Å². The van der Waals surface area contributed by atoms with Crippen LogP contribution in [0.3, 0.4) is 0 Å². The number of nitrogens with one attached hydrogen (secondary N) is 1. The minimum absolute atomic E-state index is 0.0644. The highest BCUT2D eigenvalue weighted by Gasteiger charge is 2.42. The van der Waals surface area contributed by atoms with Gasteiger partial charge in [-0.15, -0.1) is 0 Å². The van der Waals surface area contributed by atoms with Crippen molar-refractivity contribution >= 4 is 33.2 Å². The van der Waals surface area contributed by atoms with Crippen LogP contribution in [-0.4, -0.2) is 75.3 Å². The van der Waals surface area contributed by atoms with Crippen LogP contribution >= 0.6 is 0 Å². The lowest BCUT2D eigenvalue weighted by Gasteiger charge is -2.38. The number of methoxy groups -OCH3 is 1. The molecular weight excluding hydrogens is 468 g/mol. The number of sulfonamides is 1. The van der Waals surface area contributed by atoms with E-state index >= 15 is 0 Å². The number of benzene rings is 2. The molecule has 2 saturated heterocycles. The van der Waals surface area contributed by atoms with Crippen LogP contribution in [0.15, 0.2) is 47.4 Å². The van der Waals surface area contributed by atoms with Crippen molar-refractivity contribution in [1.82, 2.24) is 9.21 Å². The van der Waals surface area contributed by atoms with Gasteiger partial charge in [-0.05, 0) is 67.3 Å². The molecule has 3 aliphatic heterocycles. The molecule has 0 radical (unpaired) electrons. The van der Waals surface area contributed by atoms with Crippen molar-refractivity contribution in [2.75, 3.05) is 50.1 Å². The van der Waals surface area contributed by atoms with E-state index < -0.39 is 16.1 Å². The molecule has 2 aromatic carbocycles. The van der Waals surface area contributed by atoms with Crippen LogP contribution in [0, 0.1) is 0 Å². The summed E-state index contributed by atoms with van der Waals surface area (Å²) in [5.41, 5.74) is 2.54. The number of hydrogen-bond donors (Lipinski definition) is 1. The van der Waals surface area contributed by atoms with E-state index in [2.05, 4.69) is 10.2 Å². The van der Waals surface area contributed by atoms with Crippen molar-refractivity contribution in [3.05, 3.63) is 48.0 Å². The molecule has 2 aromatic rings. The van der Waals surface area contributed by atoms with E-state index in [4.69, 9.17) is 4.74 Å². The maximum atomic E-state index is 13.5. The molecule has 0 bridgehead atoms. The summed E-state index contributed by atoms with van der Waals surface area (Å²) in [6, 6.07) is 12.0. The number of anilines is 2. The second kappa shape index (κ2) is 9.50. The Bertz CT molecular complexity index is 1220. The zero-order valence-corrected chi connectivity index (χ0v) is 20.6. The first-order chi connectivity index (χ1) is 16.9. The van der Waals surface area contributed by atoms with E-state index in [0.717, 1.165) is 17.0 Å². The van der Waals surface area contributed by atoms with Crippen molar-refractivity contribution in [2.45, 2.75) is 36.6 Å². The van der Waals surface area contributed by atoms with Gasteiger partial charge in [0.15, 0.2) is 0 Å². The fraction of sp³-hybridized carbons (Fsp3) is 0.440. The lowest BCUT2D eigenvalue weighted by atomic mass is 10.0. The van der Waals surface area contributed by atoms with Crippen LogP contribution < -0.4 is 15.0 Å². The van der Waals surface area contributed by atoms with E-state index in [9.17, 15) is 18.0 Å². The van der Waals surface area contributed by atoms with Gasteiger partial charge in [0, 0.05) is 50.5 Å². The molecule has 3 heterocycles. The van der Waals surface area contributed by atoms with E-state index in [1.165, 1.54) is 10.4 Å². The number of amides is 2. The minimum Gasteiger partial charge on any atom is -0.497 e. The first-order valence-electron chi connectivity index (χ1n) is 12.0. The third-order valence-corrected chi connectivity index (χ3v) is 9.00. The van der Waals surface area contributed by atoms with Crippen LogP contribution in [-0.2, 0) is 26.0 Å². The molecule has 2 amide bonds. The second-order valence-corrected chi connectivity index (χ2v) is 11.0. The molecule has 35 heavy (non-hydrogen) atoms. The number of aryl methyl sites for hydroxylation is 1. The number of nitrogens with zero attached hydrogens (tertiary/aromatic N) is 3. The SMILES string of the molecule is COc1ccc(N2CCN(C(=O)C3CCCN3S(=O)(=O)c3ccc4c(c3)CCC(=O)N4)CC2)cc1. The van der Waals surface area contributed by atoms with Gasteiger partial charge in [-0.2, -0.15) is 4.31 Å². The molecule has 1 unspecified atom stereocenters. The number of rotatable bonds is 5.